The molecule has 1 saturated heterocycles. The van der Waals surface area contributed by atoms with Crippen molar-refractivity contribution in [3.8, 4) is 0 Å². The van der Waals surface area contributed by atoms with E-state index in [4.69, 9.17) is 4.74 Å². The maximum Gasteiger partial charge on any atom is 0.217 e. The molecule has 0 saturated carbocycles. The van der Waals surface area contributed by atoms with E-state index in [1.165, 1.54) is 13.8 Å². The highest BCUT2D eigenvalue weighted by Gasteiger charge is 2.43. The number of carbonyl (C=O) groups excluding carboxylic acids is 2. The Kier molecular flexibility index (Phi) is 4.44. The van der Waals surface area contributed by atoms with Crippen molar-refractivity contribution in [2.24, 2.45) is 0 Å². The Hall–Kier alpha value is -1.18. The van der Waals surface area contributed by atoms with Gasteiger partial charge in [-0.05, 0) is 6.92 Å². The molecule has 5 atom stereocenters. The van der Waals surface area contributed by atoms with E-state index in [2.05, 4.69) is 10.6 Å². The smallest absolute Gasteiger partial charge is 0.217 e. The topological polar surface area (TPSA) is 108 Å². The molecule has 1 aliphatic rings. The first-order chi connectivity index (χ1) is 7.82. The number of hydrogen-bond donors (Lipinski definition) is 4. The molecule has 0 aromatic rings. The average Bonchev–Trinajstić information content (AvgIpc) is 2.18. The molecule has 5 unspecified atom stereocenters. The molecule has 0 aromatic heterocycles. The summed E-state index contributed by atoms with van der Waals surface area (Å²) in [5.41, 5.74) is 0. The van der Waals surface area contributed by atoms with Gasteiger partial charge >= 0.3 is 0 Å². The van der Waals surface area contributed by atoms with E-state index in [9.17, 15) is 19.8 Å². The van der Waals surface area contributed by atoms with Crippen LogP contribution in [0.4, 0.5) is 0 Å². The fraction of sp³-hybridized carbons (Fsp3) is 0.800. The van der Waals surface area contributed by atoms with Crippen molar-refractivity contribution in [1.82, 2.24) is 10.6 Å². The first-order valence-corrected chi connectivity index (χ1v) is 5.38. The highest BCUT2D eigenvalue weighted by atomic mass is 16.6. The molecule has 0 radical (unpaired) electrons. The predicted molar refractivity (Wildman–Crippen MR) is 57.8 cm³/mol. The lowest BCUT2D eigenvalue weighted by atomic mass is 9.95. The van der Waals surface area contributed by atoms with Gasteiger partial charge in [-0.1, -0.05) is 0 Å². The van der Waals surface area contributed by atoms with Crippen LogP contribution >= 0.6 is 0 Å². The number of hydrogen-bond acceptors (Lipinski definition) is 5. The molecule has 0 spiro atoms. The summed E-state index contributed by atoms with van der Waals surface area (Å²) in [4.78, 5) is 21.9. The minimum Gasteiger partial charge on any atom is -0.389 e. The summed E-state index contributed by atoms with van der Waals surface area (Å²) in [6.07, 6.45) is -2.95. The van der Waals surface area contributed by atoms with Crippen LogP contribution in [0, 0.1) is 0 Å². The molecule has 2 amide bonds. The number of aliphatic hydroxyl groups excluding tert-OH is 2. The Balaban J connectivity index is 2.78. The van der Waals surface area contributed by atoms with E-state index < -0.39 is 36.5 Å². The standard InChI is InChI=1S/C10H18N2O5/c1-4-7(11-5(2)13)9(15)8(10(16)17-4)12-6(3)14/h4,7-10,15-16H,1-3H3,(H,11,13)(H,12,14). The summed E-state index contributed by atoms with van der Waals surface area (Å²) in [7, 11) is 0. The Morgan fingerprint density at radius 2 is 1.53 bits per heavy atom. The van der Waals surface area contributed by atoms with Crippen LogP contribution < -0.4 is 10.6 Å². The van der Waals surface area contributed by atoms with Crippen molar-refractivity contribution in [3.63, 3.8) is 0 Å². The molecule has 4 N–H and O–H groups in total. The number of carbonyl (C=O) groups is 2. The van der Waals surface area contributed by atoms with Gasteiger partial charge in [-0.25, -0.2) is 0 Å². The van der Waals surface area contributed by atoms with Crippen molar-refractivity contribution in [2.45, 2.75) is 51.4 Å². The van der Waals surface area contributed by atoms with Gasteiger partial charge in [0.25, 0.3) is 0 Å². The third-order valence-electron chi connectivity index (χ3n) is 2.64. The molecule has 0 aliphatic carbocycles. The van der Waals surface area contributed by atoms with Crippen LogP contribution in [0.1, 0.15) is 20.8 Å². The number of rotatable bonds is 2. The SMILES string of the molecule is CC(=O)NC1C(C)OC(O)C(NC(C)=O)C1O. The van der Waals surface area contributed by atoms with Crippen LogP contribution in [0.3, 0.4) is 0 Å². The second-order valence-corrected chi connectivity index (χ2v) is 4.17. The van der Waals surface area contributed by atoms with Crippen LogP contribution in [-0.2, 0) is 14.3 Å². The van der Waals surface area contributed by atoms with Crippen LogP contribution in [0.15, 0.2) is 0 Å². The monoisotopic (exact) mass is 246 g/mol. The van der Waals surface area contributed by atoms with Crippen LogP contribution in [0.5, 0.6) is 0 Å². The van der Waals surface area contributed by atoms with Crippen LogP contribution in [-0.4, -0.2) is 52.6 Å². The summed E-state index contributed by atoms with van der Waals surface area (Å²) in [6, 6.07) is -1.63. The fourth-order valence-corrected chi connectivity index (χ4v) is 1.89. The molecule has 1 heterocycles. The molecule has 1 fully saturated rings. The van der Waals surface area contributed by atoms with Gasteiger partial charge in [-0.2, -0.15) is 0 Å². The third kappa shape index (κ3) is 3.39. The summed E-state index contributed by atoms with van der Waals surface area (Å²) in [6.45, 7) is 4.21. The van der Waals surface area contributed by atoms with Crippen molar-refractivity contribution in [3.05, 3.63) is 0 Å². The second-order valence-electron chi connectivity index (χ2n) is 4.17. The van der Waals surface area contributed by atoms with E-state index in [1.54, 1.807) is 6.92 Å². The summed E-state index contributed by atoms with van der Waals surface area (Å²) >= 11 is 0. The van der Waals surface area contributed by atoms with Gasteiger partial charge in [0.2, 0.25) is 11.8 Å². The Bertz CT molecular complexity index is 281. The average molecular weight is 246 g/mol. The van der Waals surface area contributed by atoms with Crippen LogP contribution in [0.25, 0.3) is 0 Å². The molecule has 0 aromatic carbocycles. The van der Waals surface area contributed by atoms with Gasteiger partial charge in [-0.15, -0.1) is 0 Å². The zero-order valence-corrected chi connectivity index (χ0v) is 10.0. The van der Waals surface area contributed by atoms with Gasteiger partial charge in [0.05, 0.1) is 12.1 Å². The maximum absolute atomic E-state index is 11.0. The Morgan fingerprint density at radius 3 is 2.00 bits per heavy atom. The van der Waals surface area contributed by atoms with Crippen molar-refractivity contribution < 1.29 is 24.5 Å². The third-order valence-corrected chi connectivity index (χ3v) is 2.64. The Morgan fingerprint density at radius 1 is 1.06 bits per heavy atom. The van der Waals surface area contributed by atoms with Gasteiger partial charge in [0, 0.05) is 13.8 Å². The molecule has 0 bridgehead atoms. The highest BCUT2D eigenvalue weighted by molar-refractivity contribution is 5.74. The minimum absolute atomic E-state index is 0.317. The van der Waals surface area contributed by atoms with Gasteiger partial charge in [0.15, 0.2) is 6.29 Å². The lowest BCUT2D eigenvalue weighted by Crippen LogP contribution is -2.66. The van der Waals surface area contributed by atoms with E-state index in [-0.39, 0.29) is 5.91 Å². The second kappa shape index (κ2) is 5.44. The van der Waals surface area contributed by atoms with E-state index >= 15 is 0 Å². The van der Waals surface area contributed by atoms with E-state index in [1.807, 2.05) is 0 Å². The largest absolute Gasteiger partial charge is 0.389 e. The molecule has 1 aliphatic heterocycles. The minimum atomic E-state index is -1.30. The van der Waals surface area contributed by atoms with Crippen molar-refractivity contribution >= 4 is 11.8 Å². The normalized spacial score (nSPS) is 37.4. The number of amides is 2. The number of nitrogens with one attached hydrogen (secondary N) is 2. The first kappa shape index (κ1) is 13.9. The molecule has 1 rings (SSSR count). The lowest BCUT2D eigenvalue weighted by molar-refractivity contribution is -0.214. The molecular formula is C10H18N2O5. The van der Waals surface area contributed by atoms with Gasteiger partial charge in [0.1, 0.15) is 12.1 Å². The number of aliphatic hydroxyl groups is 2. The predicted octanol–water partition coefficient (Wildman–Crippen LogP) is -1.91. The maximum atomic E-state index is 11.0. The molecular weight excluding hydrogens is 228 g/mol. The molecule has 7 nitrogen and oxygen atoms in total. The van der Waals surface area contributed by atoms with Gasteiger partial charge in [-0.3, -0.25) is 9.59 Å². The molecule has 7 heteroatoms. The van der Waals surface area contributed by atoms with E-state index in [0.29, 0.717) is 0 Å². The number of ether oxygens (including phenoxy) is 1. The fourth-order valence-electron chi connectivity index (χ4n) is 1.89. The molecule has 17 heavy (non-hydrogen) atoms. The molecule has 98 valence electrons. The van der Waals surface area contributed by atoms with Gasteiger partial charge < -0.3 is 25.6 Å². The van der Waals surface area contributed by atoms with Crippen molar-refractivity contribution in [2.75, 3.05) is 0 Å². The Labute approximate surface area is 99.1 Å². The summed E-state index contributed by atoms with van der Waals surface area (Å²) < 4.78 is 5.15. The quantitative estimate of drug-likeness (QED) is 0.455. The zero-order valence-electron chi connectivity index (χ0n) is 10.0. The highest BCUT2D eigenvalue weighted by Crippen LogP contribution is 2.19. The van der Waals surface area contributed by atoms with Crippen molar-refractivity contribution in [1.29, 1.82) is 0 Å². The van der Waals surface area contributed by atoms with Crippen LogP contribution in [0.2, 0.25) is 0 Å². The summed E-state index contributed by atoms with van der Waals surface area (Å²) in [5, 5.41) is 24.5. The summed E-state index contributed by atoms with van der Waals surface area (Å²) in [5.74, 6) is -0.713. The zero-order chi connectivity index (χ0) is 13.2. The lowest BCUT2D eigenvalue weighted by Gasteiger charge is -2.42. The first-order valence-electron chi connectivity index (χ1n) is 5.38. The van der Waals surface area contributed by atoms with E-state index in [0.717, 1.165) is 0 Å².